The van der Waals surface area contributed by atoms with Crippen molar-refractivity contribution in [2.24, 2.45) is 0 Å². The molecule has 109 valence electrons. The van der Waals surface area contributed by atoms with Gasteiger partial charge in [0.05, 0.1) is 0 Å². The fourth-order valence-electron chi connectivity index (χ4n) is 1.67. The third-order valence-corrected chi connectivity index (χ3v) is 9.86. The van der Waals surface area contributed by atoms with Gasteiger partial charge in [0.2, 0.25) is 0 Å². The van der Waals surface area contributed by atoms with E-state index in [2.05, 4.69) is 71.5 Å². The third kappa shape index (κ3) is 7.85. The third-order valence-electron chi connectivity index (χ3n) is 2.11. The van der Waals surface area contributed by atoms with E-state index in [1.165, 1.54) is 0 Å². The second-order valence-electron chi connectivity index (χ2n) is 7.29. The Morgan fingerprint density at radius 3 is 1.17 bits per heavy atom. The first-order chi connectivity index (χ1) is 7.83. The predicted molar refractivity (Wildman–Crippen MR) is 86.7 cm³/mol. The maximum absolute atomic E-state index is 6.38. The van der Waals surface area contributed by atoms with Gasteiger partial charge < -0.3 is 8.23 Å². The molecule has 0 unspecified atom stereocenters. The van der Waals surface area contributed by atoms with E-state index in [0.29, 0.717) is 12.1 Å². The molecule has 0 atom stereocenters. The second-order valence-corrected chi connectivity index (χ2v) is 18.4. The molecule has 0 saturated heterocycles. The van der Waals surface area contributed by atoms with Gasteiger partial charge in [0.1, 0.15) is 0 Å². The van der Waals surface area contributed by atoms with Crippen molar-refractivity contribution >= 4 is 26.1 Å². The van der Waals surface area contributed by atoms with Gasteiger partial charge in [-0.25, -0.2) is 0 Å². The van der Waals surface area contributed by atoms with Crippen molar-refractivity contribution in [1.82, 2.24) is 4.57 Å². The molecule has 0 aromatic carbocycles. The number of nitrogens with zero attached hydrogens (tertiary/aromatic N) is 1. The Kier molecular flexibility index (Phi) is 7.01. The van der Waals surface area contributed by atoms with Crippen molar-refractivity contribution in [2.75, 3.05) is 0 Å². The first-order valence-corrected chi connectivity index (χ1v) is 14.9. The van der Waals surface area contributed by atoms with Crippen LogP contribution in [-0.4, -0.2) is 42.7 Å². The van der Waals surface area contributed by atoms with E-state index in [9.17, 15) is 0 Å². The van der Waals surface area contributed by atoms with Crippen LogP contribution in [0.2, 0.25) is 39.3 Å². The highest BCUT2D eigenvalue weighted by molar-refractivity contribution is 6.80. The second kappa shape index (κ2) is 6.81. The first-order valence-electron chi connectivity index (χ1n) is 6.87. The molecule has 0 saturated carbocycles. The Hall–Kier alpha value is 0.531. The number of hydrogen-bond acceptors (Lipinski definition) is 3. The summed E-state index contributed by atoms with van der Waals surface area (Å²) >= 11 is 0. The van der Waals surface area contributed by atoms with Crippen LogP contribution in [0.15, 0.2) is 0 Å². The SMILES string of the molecule is CC(C)N(C(C)C)[Si](O[Si](C)(C)C)O[Si](C)(C)C. The van der Waals surface area contributed by atoms with Gasteiger partial charge in [-0.1, -0.05) is 27.7 Å². The van der Waals surface area contributed by atoms with Crippen molar-refractivity contribution in [3.8, 4) is 0 Å². The molecule has 0 amide bonds. The molecule has 3 nitrogen and oxygen atoms in total. The zero-order chi connectivity index (χ0) is 14.7. The molecule has 1 radical (unpaired) electrons. The number of rotatable bonds is 7. The fraction of sp³-hybridized carbons (Fsp3) is 1.00. The Morgan fingerprint density at radius 2 is 1.00 bits per heavy atom. The van der Waals surface area contributed by atoms with E-state index in [-0.39, 0.29) is 0 Å². The van der Waals surface area contributed by atoms with Crippen molar-refractivity contribution < 1.29 is 8.23 Å². The lowest BCUT2D eigenvalue weighted by atomic mass is 10.3. The summed E-state index contributed by atoms with van der Waals surface area (Å²) in [4.78, 5) is 0. The molecule has 0 aromatic rings. The maximum Gasteiger partial charge on any atom is 0.469 e. The Morgan fingerprint density at radius 1 is 0.722 bits per heavy atom. The molecule has 18 heavy (non-hydrogen) atoms. The molecule has 0 heterocycles. The zero-order valence-electron chi connectivity index (χ0n) is 13.9. The van der Waals surface area contributed by atoms with Gasteiger partial charge in [-0.2, -0.15) is 0 Å². The van der Waals surface area contributed by atoms with Gasteiger partial charge in [-0.3, -0.25) is 4.57 Å². The lowest BCUT2D eigenvalue weighted by Crippen LogP contribution is -2.58. The first kappa shape index (κ1) is 18.5. The van der Waals surface area contributed by atoms with Gasteiger partial charge in [0.25, 0.3) is 0 Å². The standard InChI is InChI=1S/C12H32NO2Si3/c1-11(2)13(12(3)4)16(14-17(5,6)7)15-18(8,9)10/h11-12H,1-10H3. The van der Waals surface area contributed by atoms with Crippen LogP contribution in [0.3, 0.4) is 0 Å². The van der Waals surface area contributed by atoms with Crippen molar-refractivity contribution in [2.45, 2.75) is 79.1 Å². The molecular weight excluding hydrogens is 274 g/mol. The molecule has 0 aliphatic carbocycles. The minimum absolute atomic E-state index is 0.464. The van der Waals surface area contributed by atoms with Crippen LogP contribution in [0, 0.1) is 0 Å². The summed E-state index contributed by atoms with van der Waals surface area (Å²) < 4.78 is 15.2. The molecule has 0 bridgehead atoms. The van der Waals surface area contributed by atoms with E-state index in [0.717, 1.165) is 0 Å². The molecule has 0 spiro atoms. The van der Waals surface area contributed by atoms with Crippen LogP contribution in [0.4, 0.5) is 0 Å². The normalized spacial score (nSPS) is 14.3. The van der Waals surface area contributed by atoms with E-state index in [1.807, 2.05) is 0 Å². The summed E-state index contributed by atoms with van der Waals surface area (Å²) in [5.41, 5.74) is 0. The minimum atomic E-state index is -1.57. The quantitative estimate of drug-likeness (QED) is 0.668. The maximum atomic E-state index is 6.38. The van der Waals surface area contributed by atoms with Crippen molar-refractivity contribution in [1.29, 1.82) is 0 Å². The highest BCUT2D eigenvalue weighted by Crippen LogP contribution is 2.18. The molecule has 0 rings (SSSR count). The largest absolute Gasteiger partial charge is 0.469 e. The van der Waals surface area contributed by atoms with Crippen LogP contribution in [-0.2, 0) is 8.23 Å². The number of hydrogen-bond donors (Lipinski definition) is 0. The highest BCUT2D eigenvalue weighted by atomic mass is 28.5. The summed E-state index contributed by atoms with van der Waals surface area (Å²) in [6.45, 7) is 22.4. The monoisotopic (exact) mass is 306 g/mol. The topological polar surface area (TPSA) is 21.7 Å². The lowest BCUT2D eigenvalue weighted by Gasteiger charge is -2.40. The van der Waals surface area contributed by atoms with E-state index < -0.39 is 26.1 Å². The van der Waals surface area contributed by atoms with Crippen LogP contribution in [0.1, 0.15) is 27.7 Å². The molecule has 0 N–H and O–H groups in total. The smallest absolute Gasteiger partial charge is 0.424 e. The lowest BCUT2D eigenvalue weighted by molar-refractivity contribution is 0.214. The van der Waals surface area contributed by atoms with E-state index in [4.69, 9.17) is 8.23 Å². The molecule has 0 aromatic heterocycles. The van der Waals surface area contributed by atoms with Crippen LogP contribution < -0.4 is 0 Å². The van der Waals surface area contributed by atoms with Crippen LogP contribution in [0.25, 0.3) is 0 Å². The van der Waals surface area contributed by atoms with Gasteiger partial charge >= 0.3 is 9.45 Å². The highest BCUT2D eigenvalue weighted by Gasteiger charge is 2.38. The van der Waals surface area contributed by atoms with Gasteiger partial charge in [-0.15, -0.1) is 0 Å². The van der Waals surface area contributed by atoms with Gasteiger partial charge in [0.15, 0.2) is 16.6 Å². The van der Waals surface area contributed by atoms with Gasteiger partial charge in [0, 0.05) is 12.1 Å². The van der Waals surface area contributed by atoms with Gasteiger partial charge in [-0.05, 0) is 39.3 Å². The fourth-order valence-corrected chi connectivity index (χ4v) is 8.09. The molecule has 0 fully saturated rings. The average molecular weight is 307 g/mol. The Labute approximate surface area is 118 Å². The van der Waals surface area contributed by atoms with E-state index in [1.54, 1.807) is 0 Å². The van der Waals surface area contributed by atoms with Crippen molar-refractivity contribution in [3.05, 3.63) is 0 Å². The summed E-state index contributed by atoms with van der Waals surface area (Å²) in [7, 11) is -4.49. The van der Waals surface area contributed by atoms with E-state index >= 15 is 0 Å². The molecule has 0 aliphatic heterocycles. The summed E-state index contributed by atoms with van der Waals surface area (Å²) in [6.07, 6.45) is 0. The molecular formula is C12H32NO2Si3. The zero-order valence-corrected chi connectivity index (χ0v) is 16.9. The average Bonchev–Trinajstić information content (AvgIpc) is 1.93. The van der Waals surface area contributed by atoms with Crippen LogP contribution in [0.5, 0.6) is 0 Å². The molecule has 6 heteroatoms. The molecule has 0 aliphatic rings. The summed E-state index contributed by atoms with van der Waals surface area (Å²) in [5, 5.41) is 0. The Balaban J connectivity index is 5.05. The summed E-state index contributed by atoms with van der Waals surface area (Å²) in [5.74, 6) is 0. The minimum Gasteiger partial charge on any atom is -0.424 e. The van der Waals surface area contributed by atoms with Crippen LogP contribution >= 0.6 is 0 Å². The van der Waals surface area contributed by atoms with Crippen molar-refractivity contribution in [3.63, 3.8) is 0 Å². The Bertz CT molecular complexity index is 223. The summed E-state index contributed by atoms with van der Waals surface area (Å²) in [6, 6.07) is 0.929. The predicted octanol–water partition coefficient (Wildman–Crippen LogP) is 3.79.